The molecule has 0 aliphatic carbocycles. The predicted molar refractivity (Wildman–Crippen MR) is 89.7 cm³/mol. The Balaban J connectivity index is 4.83. The van der Waals surface area contributed by atoms with Crippen LogP contribution < -0.4 is 0 Å². The summed E-state index contributed by atoms with van der Waals surface area (Å²) in [6.45, 7) is 16.8. The Labute approximate surface area is 127 Å². The van der Waals surface area contributed by atoms with Crippen LogP contribution in [0.15, 0.2) is 11.8 Å². The van der Waals surface area contributed by atoms with Gasteiger partial charge in [-0.05, 0) is 47.5 Å². The van der Waals surface area contributed by atoms with Crippen LogP contribution in [0.5, 0.6) is 0 Å². The minimum atomic E-state index is -1.01. The van der Waals surface area contributed by atoms with E-state index in [4.69, 9.17) is 9.05 Å². The minimum Gasteiger partial charge on any atom is -0.317 e. The molecule has 20 heavy (non-hydrogen) atoms. The highest BCUT2D eigenvalue weighted by Gasteiger charge is 2.29. The highest BCUT2D eigenvalue weighted by atomic mass is 31.2. The summed E-state index contributed by atoms with van der Waals surface area (Å²) in [6, 6.07) is 0. The molecule has 0 aromatic rings. The van der Waals surface area contributed by atoms with E-state index in [0.29, 0.717) is 0 Å². The summed E-state index contributed by atoms with van der Waals surface area (Å²) in [5.41, 5.74) is 1.27. The van der Waals surface area contributed by atoms with Crippen molar-refractivity contribution < 1.29 is 9.05 Å². The molecule has 120 valence electrons. The maximum absolute atomic E-state index is 6.04. The van der Waals surface area contributed by atoms with Crippen molar-refractivity contribution in [3.05, 3.63) is 11.8 Å². The lowest BCUT2D eigenvalue weighted by molar-refractivity contribution is 0.182. The van der Waals surface area contributed by atoms with Crippen LogP contribution in [0, 0.1) is 0 Å². The molecule has 0 aliphatic heterocycles. The van der Waals surface area contributed by atoms with Gasteiger partial charge in [-0.15, -0.1) is 0 Å². The van der Waals surface area contributed by atoms with Gasteiger partial charge in [0.05, 0.1) is 13.2 Å². The number of hydrogen-bond acceptors (Lipinski definition) is 3. The molecule has 0 amide bonds. The van der Waals surface area contributed by atoms with Gasteiger partial charge < -0.3 is 13.7 Å². The molecule has 0 saturated carbocycles. The third-order valence-corrected chi connectivity index (χ3v) is 4.52. The Morgan fingerprint density at radius 3 is 1.75 bits per heavy atom. The fraction of sp³-hybridized carbons (Fsp3) is 0.875. The minimum absolute atomic E-state index is 0.00139. The maximum atomic E-state index is 6.04. The molecule has 3 nitrogen and oxygen atoms in total. The smallest absolute Gasteiger partial charge is 0.289 e. The molecule has 0 heterocycles. The van der Waals surface area contributed by atoms with Crippen LogP contribution in [0.1, 0.15) is 74.1 Å². The summed E-state index contributed by atoms with van der Waals surface area (Å²) in [5, 5.41) is 0. The lowest BCUT2D eigenvalue weighted by Crippen LogP contribution is -2.34. The maximum Gasteiger partial charge on any atom is 0.289 e. The van der Waals surface area contributed by atoms with Gasteiger partial charge in [-0.2, -0.15) is 0 Å². The molecular formula is C16H34NO2P. The molecule has 0 fully saturated rings. The first-order valence-corrected chi connectivity index (χ1v) is 8.96. The summed E-state index contributed by atoms with van der Waals surface area (Å²) in [5.74, 6) is 0. The lowest BCUT2D eigenvalue weighted by atomic mass is 10.1. The average molecular weight is 303 g/mol. The molecule has 0 aliphatic rings. The number of unbranched alkanes of at least 4 members (excludes halogenated alkanes) is 2. The molecule has 0 aromatic heterocycles. The van der Waals surface area contributed by atoms with E-state index < -0.39 is 8.53 Å². The standard InChI is InChI=1S/C16H34NO2P/c1-8-10-12-18-20(19-13-11-9-2)17(14-15(3)4)16(5,6)7/h14H,8-13H2,1-7H3. The molecular weight excluding hydrogens is 269 g/mol. The fourth-order valence-corrected chi connectivity index (χ4v) is 3.17. The van der Waals surface area contributed by atoms with Crippen LogP contribution in [0.25, 0.3) is 0 Å². The van der Waals surface area contributed by atoms with Crippen LogP contribution in [-0.2, 0) is 9.05 Å². The van der Waals surface area contributed by atoms with Gasteiger partial charge in [-0.1, -0.05) is 32.3 Å². The first-order valence-electron chi connectivity index (χ1n) is 7.83. The predicted octanol–water partition coefficient (Wildman–Crippen LogP) is 5.87. The van der Waals surface area contributed by atoms with Crippen LogP contribution in [-0.4, -0.2) is 23.4 Å². The lowest BCUT2D eigenvalue weighted by Gasteiger charge is -2.39. The van der Waals surface area contributed by atoms with Crippen molar-refractivity contribution in [2.24, 2.45) is 0 Å². The largest absolute Gasteiger partial charge is 0.317 e. The fourth-order valence-electron chi connectivity index (χ4n) is 1.47. The van der Waals surface area contributed by atoms with Crippen molar-refractivity contribution in [2.45, 2.75) is 79.7 Å². The van der Waals surface area contributed by atoms with Gasteiger partial charge in [0.1, 0.15) is 0 Å². The van der Waals surface area contributed by atoms with Crippen molar-refractivity contribution in [3.63, 3.8) is 0 Å². The number of hydrogen-bond donors (Lipinski definition) is 0. The van der Waals surface area contributed by atoms with Crippen molar-refractivity contribution >= 4 is 8.53 Å². The van der Waals surface area contributed by atoms with E-state index >= 15 is 0 Å². The normalized spacial score (nSPS) is 11.8. The third kappa shape index (κ3) is 8.94. The quantitative estimate of drug-likeness (QED) is 0.372. The van der Waals surface area contributed by atoms with Gasteiger partial charge in [-0.25, -0.2) is 0 Å². The average Bonchev–Trinajstić information content (AvgIpc) is 2.33. The topological polar surface area (TPSA) is 21.7 Å². The molecule has 0 rings (SSSR count). The molecule has 0 aromatic carbocycles. The van der Waals surface area contributed by atoms with Gasteiger partial charge in [0.2, 0.25) is 0 Å². The monoisotopic (exact) mass is 303 g/mol. The van der Waals surface area contributed by atoms with E-state index in [1.54, 1.807) is 0 Å². The summed E-state index contributed by atoms with van der Waals surface area (Å²) >= 11 is 0. The van der Waals surface area contributed by atoms with E-state index in [9.17, 15) is 0 Å². The molecule has 0 bridgehead atoms. The number of rotatable bonds is 10. The van der Waals surface area contributed by atoms with Crippen LogP contribution in [0.4, 0.5) is 0 Å². The Bertz CT molecular complexity index is 260. The second-order valence-corrected chi connectivity index (χ2v) is 7.76. The highest BCUT2D eigenvalue weighted by Crippen LogP contribution is 2.48. The summed E-state index contributed by atoms with van der Waals surface area (Å²) in [6.07, 6.45) is 6.64. The Hall–Kier alpha value is -0.110. The molecule has 0 spiro atoms. The molecule has 0 atom stereocenters. The molecule has 0 saturated heterocycles. The second-order valence-electron chi connectivity index (χ2n) is 6.33. The van der Waals surface area contributed by atoms with E-state index in [1.165, 1.54) is 5.57 Å². The summed E-state index contributed by atoms with van der Waals surface area (Å²) < 4.78 is 14.3. The first kappa shape index (κ1) is 19.9. The Morgan fingerprint density at radius 2 is 1.45 bits per heavy atom. The number of allylic oxidation sites excluding steroid dienone is 1. The van der Waals surface area contributed by atoms with Crippen molar-refractivity contribution in [3.8, 4) is 0 Å². The summed E-state index contributed by atoms with van der Waals surface area (Å²) in [4.78, 5) is 0. The molecule has 0 radical (unpaired) electrons. The first-order chi connectivity index (χ1) is 9.32. The summed E-state index contributed by atoms with van der Waals surface area (Å²) in [7, 11) is -1.01. The van der Waals surface area contributed by atoms with Gasteiger partial charge >= 0.3 is 0 Å². The van der Waals surface area contributed by atoms with Gasteiger partial charge in [0.25, 0.3) is 8.53 Å². The van der Waals surface area contributed by atoms with Crippen LogP contribution in [0.2, 0.25) is 0 Å². The van der Waals surface area contributed by atoms with Crippen LogP contribution >= 0.6 is 8.53 Å². The Morgan fingerprint density at radius 1 is 1.00 bits per heavy atom. The molecule has 4 heteroatoms. The van der Waals surface area contributed by atoms with E-state index in [2.05, 4.69) is 59.3 Å². The van der Waals surface area contributed by atoms with Crippen molar-refractivity contribution in [1.82, 2.24) is 4.67 Å². The second kappa shape index (κ2) is 10.6. The highest BCUT2D eigenvalue weighted by molar-refractivity contribution is 7.44. The Kier molecular flexibility index (Phi) is 10.5. The third-order valence-electron chi connectivity index (χ3n) is 2.64. The van der Waals surface area contributed by atoms with Crippen molar-refractivity contribution in [1.29, 1.82) is 0 Å². The molecule has 0 unspecified atom stereocenters. The zero-order valence-electron chi connectivity index (χ0n) is 14.5. The molecule has 0 N–H and O–H groups in total. The zero-order valence-corrected chi connectivity index (χ0v) is 15.4. The van der Waals surface area contributed by atoms with E-state index in [1.807, 2.05) is 0 Å². The van der Waals surface area contributed by atoms with Crippen molar-refractivity contribution in [2.75, 3.05) is 13.2 Å². The zero-order chi connectivity index (χ0) is 15.6. The number of nitrogens with zero attached hydrogens (tertiary/aromatic N) is 1. The SMILES string of the molecule is CCCCOP(OCCCC)N(C=C(C)C)C(C)(C)C. The van der Waals surface area contributed by atoms with Gasteiger partial charge in [0.15, 0.2) is 0 Å². The van der Waals surface area contributed by atoms with Gasteiger partial charge in [0, 0.05) is 11.7 Å². The van der Waals surface area contributed by atoms with E-state index in [-0.39, 0.29) is 5.54 Å². The van der Waals surface area contributed by atoms with Gasteiger partial charge in [-0.3, -0.25) is 0 Å². The van der Waals surface area contributed by atoms with Crippen LogP contribution in [0.3, 0.4) is 0 Å². The van der Waals surface area contributed by atoms with E-state index in [0.717, 1.165) is 38.9 Å².